The highest BCUT2D eigenvalue weighted by molar-refractivity contribution is 6.31. The smallest absolute Gasteiger partial charge is 0.341 e. The maximum absolute atomic E-state index is 13.0. The number of nitrogens with zero attached hydrogens (tertiary/aromatic N) is 1. The number of hydrogen-bond donors (Lipinski definition) is 1. The zero-order valence-electron chi connectivity index (χ0n) is 15.2. The maximum atomic E-state index is 13.0. The Bertz CT molecular complexity index is 830. The molecule has 1 N–H and O–H groups in total. The predicted octanol–water partition coefficient (Wildman–Crippen LogP) is 3.78. The van der Waals surface area contributed by atoms with E-state index in [-0.39, 0.29) is 17.9 Å². The largest absolute Gasteiger partial charge is 0.482 e. The van der Waals surface area contributed by atoms with Crippen molar-refractivity contribution in [2.75, 3.05) is 13.7 Å². The lowest BCUT2D eigenvalue weighted by Gasteiger charge is -2.24. The number of rotatable bonds is 8. The van der Waals surface area contributed by atoms with Gasteiger partial charge in [0.25, 0.3) is 0 Å². The minimum absolute atomic E-state index is 0.133. The van der Waals surface area contributed by atoms with Crippen molar-refractivity contribution in [2.45, 2.75) is 25.8 Å². The van der Waals surface area contributed by atoms with E-state index >= 15 is 0 Å². The molecule has 1 aliphatic carbocycles. The summed E-state index contributed by atoms with van der Waals surface area (Å²) in [6.07, 6.45) is 2.42. The number of carbonyl (C=O) groups excluding carboxylic acids is 1. The number of carboxylic acids is 1. The van der Waals surface area contributed by atoms with E-state index in [2.05, 4.69) is 0 Å². The summed E-state index contributed by atoms with van der Waals surface area (Å²) in [5, 5.41) is 9.34. The topological polar surface area (TPSA) is 66.8 Å². The molecule has 27 heavy (non-hydrogen) atoms. The molecule has 0 unspecified atom stereocenters. The van der Waals surface area contributed by atoms with Gasteiger partial charge in [-0.15, -0.1) is 0 Å². The van der Waals surface area contributed by atoms with Crippen LogP contribution in [0.5, 0.6) is 5.75 Å². The minimum atomic E-state index is -1.02. The number of ether oxygens (including phenoxy) is 1. The van der Waals surface area contributed by atoms with Crippen LogP contribution < -0.4 is 4.74 Å². The third-order valence-electron chi connectivity index (χ3n) is 4.85. The highest BCUT2D eigenvalue weighted by Crippen LogP contribution is 2.50. The van der Waals surface area contributed by atoms with Crippen molar-refractivity contribution in [1.82, 2.24) is 4.90 Å². The Balaban J connectivity index is 1.60. The molecule has 6 heteroatoms. The number of hydrogen-bond acceptors (Lipinski definition) is 3. The van der Waals surface area contributed by atoms with E-state index in [1.54, 1.807) is 17.0 Å². The molecular formula is C21H22ClNO4. The summed E-state index contributed by atoms with van der Waals surface area (Å²) in [6, 6.07) is 14.8. The second kappa shape index (κ2) is 8.01. The quantitative estimate of drug-likeness (QED) is 0.748. The van der Waals surface area contributed by atoms with Crippen molar-refractivity contribution in [3.63, 3.8) is 0 Å². The molecule has 0 saturated heterocycles. The predicted molar refractivity (Wildman–Crippen MR) is 103 cm³/mol. The molecule has 1 aliphatic rings. The minimum Gasteiger partial charge on any atom is -0.482 e. The Morgan fingerprint density at radius 2 is 1.81 bits per heavy atom. The van der Waals surface area contributed by atoms with Gasteiger partial charge in [-0.1, -0.05) is 41.9 Å². The zero-order chi connectivity index (χ0) is 19.4. The Hall–Kier alpha value is -2.53. The van der Waals surface area contributed by atoms with Crippen molar-refractivity contribution in [2.24, 2.45) is 5.41 Å². The summed E-state index contributed by atoms with van der Waals surface area (Å²) < 4.78 is 5.12. The summed E-state index contributed by atoms with van der Waals surface area (Å²) in [5.41, 5.74) is 1.63. The normalized spacial score (nSPS) is 14.4. The third kappa shape index (κ3) is 4.80. The SMILES string of the molecule is CN(Cc1ccc(OCC(=O)O)cc1)C(=O)C1(Cc2ccccc2Cl)CC1. The van der Waals surface area contributed by atoms with Crippen LogP contribution >= 0.6 is 11.6 Å². The molecule has 1 amide bonds. The van der Waals surface area contributed by atoms with Gasteiger partial charge >= 0.3 is 5.97 Å². The summed E-state index contributed by atoms with van der Waals surface area (Å²) in [7, 11) is 1.81. The van der Waals surface area contributed by atoms with Crippen LogP contribution in [0.3, 0.4) is 0 Å². The zero-order valence-corrected chi connectivity index (χ0v) is 15.9. The van der Waals surface area contributed by atoms with Crippen LogP contribution in [0.15, 0.2) is 48.5 Å². The number of aliphatic carboxylic acids is 1. The lowest BCUT2D eigenvalue weighted by Crippen LogP contribution is -2.35. The third-order valence-corrected chi connectivity index (χ3v) is 5.21. The first kappa shape index (κ1) is 19.2. The number of benzene rings is 2. The summed E-state index contributed by atoms with van der Waals surface area (Å²) >= 11 is 6.26. The summed E-state index contributed by atoms with van der Waals surface area (Å²) in [6.45, 7) is 0.116. The van der Waals surface area contributed by atoms with E-state index < -0.39 is 5.97 Å². The van der Waals surface area contributed by atoms with Crippen LogP contribution in [0.2, 0.25) is 5.02 Å². The molecular weight excluding hydrogens is 366 g/mol. The van der Waals surface area contributed by atoms with Gasteiger partial charge in [0.15, 0.2) is 6.61 Å². The molecule has 2 aromatic rings. The first-order valence-corrected chi connectivity index (χ1v) is 9.20. The van der Waals surface area contributed by atoms with Gasteiger partial charge in [0.2, 0.25) is 5.91 Å². The first-order chi connectivity index (χ1) is 12.9. The number of amides is 1. The van der Waals surface area contributed by atoms with E-state index in [0.29, 0.717) is 23.7 Å². The van der Waals surface area contributed by atoms with Gasteiger partial charge in [0.1, 0.15) is 5.75 Å². The van der Waals surface area contributed by atoms with Crippen LogP contribution in [0.25, 0.3) is 0 Å². The molecule has 0 bridgehead atoms. The molecule has 0 atom stereocenters. The van der Waals surface area contributed by atoms with Gasteiger partial charge in [0.05, 0.1) is 5.41 Å². The molecule has 5 nitrogen and oxygen atoms in total. The highest BCUT2D eigenvalue weighted by atomic mass is 35.5. The van der Waals surface area contributed by atoms with Gasteiger partial charge in [0, 0.05) is 18.6 Å². The number of carbonyl (C=O) groups is 2. The Morgan fingerprint density at radius 3 is 2.41 bits per heavy atom. The average Bonchev–Trinajstić information content (AvgIpc) is 3.43. The second-order valence-corrected chi connectivity index (χ2v) is 7.44. The summed E-state index contributed by atoms with van der Waals surface area (Å²) in [4.78, 5) is 25.3. The fraction of sp³-hybridized carbons (Fsp3) is 0.333. The molecule has 142 valence electrons. The molecule has 1 fully saturated rings. The molecule has 0 aliphatic heterocycles. The maximum Gasteiger partial charge on any atom is 0.341 e. The van der Waals surface area contributed by atoms with Gasteiger partial charge in [-0.25, -0.2) is 4.79 Å². The molecule has 1 saturated carbocycles. The summed E-state index contributed by atoms with van der Waals surface area (Å²) in [5.74, 6) is -0.390. The average molecular weight is 388 g/mol. The number of halogens is 1. The lowest BCUT2D eigenvalue weighted by atomic mass is 9.94. The van der Waals surface area contributed by atoms with Crippen LogP contribution in [-0.2, 0) is 22.6 Å². The Labute approximate surface area is 163 Å². The van der Waals surface area contributed by atoms with E-state index in [9.17, 15) is 9.59 Å². The van der Waals surface area contributed by atoms with Crippen molar-refractivity contribution in [3.8, 4) is 5.75 Å². The van der Waals surface area contributed by atoms with Gasteiger partial charge in [-0.3, -0.25) is 4.79 Å². The van der Waals surface area contributed by atoms with Crippen LogP contribution in [0.1, 0.15) is 24.0 Å². The molecule has 0 radical (unpaired) electrons. The fourth-order valence-electron chi connectivity index (χ4n) is 3.21. The molecule has 2 aromatic carbocycles. The fourth-order valence-corrected chi connectivity index (χ4v) is 3.41. The standard InChI is InChI=1S/C21H22ClNO4/c1-23(13-15-6-8-17(9-7-15)27-14-19(24)25)20(26)21(10-11-21)12-16-4-2-3-5-18(16)22/h2-9H,10-14H2,1H3,(H,24,25). The highest BCUT2D eigenvalue weighted by Gasteiger charge is 2.51. The number of carboxylic acid groups (broad SMARTS) is 1. The Kier molecular flexibility index (Phi) is 5.71. The monoisotopic (exact) mass is 387 g/mol. The van der Waals surface area contributed by atoms with Gasteiger partial charge in [-0.05, 0) is 48.6 Å². The Morgan fingerprint density at radius 1 is 1.15 bits per heavy atom. The van der Waals surface area contributed by atoms with Crippen molar-refractivity contribution >= 4 is 23.5 Å². The van der Waals surface area contributed by atoms with Crippen LogP contribution in [0, 0.1) is 5.41 Å². The van der Waals surface area contributed by atoms with Gasteiger partial charge < -0.3 is 14.7 Å². The van der Waals surface area contributed by atoms with E-state index in [0.717, 1.165) is 24.0 Å². The van der Waals surface area contributed by atoms with Crippen molar-refractivity contribution < 1.29 is 19.4 Å². The molecule has 0 aromatic heterocycles. The van der Waals surface area contributed by atoms with E-state index in [4.69, 9.17) is 21.4 Å². The van der Waals surface area contributed by atoms with Gasteiger partial charge in [-0.2, -0.15) is 0 Å². The first-order valence-electron chi connectivity index (χ1n) is 8.82. The van der Waals surface area contributed by atoms with Crippen LogP contribution in [-0.4, -0.2) is 35.5 Å². The van der Waals surface area contributed by atoms with E-state index in [1.807, 2.05) is 43.4 Å². The van der Waals surface area contributed by atoms with Crippen molar-refractivity contribution in [3.05, 3.63) is 64.7 Å². The second-order valence-electron chi connectivity index (χ2n) is 7.04. The molecule has 0 spiro atoms. The van der Waals surface area contributed by atoms with Crippen molar-refractivity contribution in [1.29, 1.82) is 0 Å². The van der Waals surface area contributed by atoms with Crippen LogP contribution in [0.4, 0.5) is 0 Å². The van der Waals surface area contributed by atoms with E-state index in [1.165, 1.54) is 0 Å². The molecule has 0 heterocycles. The lowest BCUT2D eigenvalue weighted by molar-refractivity contribution is -0.139. The molecule has 3 rings (SSSR count).